The Bertz CT molecular complexity index is 900. The van der Waals surface area contributed by atoms with Crippen molar-refractivity contribution in [2.24, 2.45) is 0 Å². The van der Waals surface area contributed by atoms with E-state index in [4.69, 9.17) is 16.3 Å². The first-order valence-electron chi connectivity index (χ1n) is 9.00. The Balaban J connectivity index is 1.60. The fourth-order valence-corrected chi connectivity index (χ4v) is 2.44. The summed E-state index contributed by atoms with van der Waals surface area (Å²) in [5.74, 6) is 11.8. The number of benzene rings is 2. The van der Waals surface area contributed by atoms with E-state index in [-0.39, 0.29) is 0 Å². The first kappa shape index (κ1) is 21.2. The highest BCUT2D eigenvalue weighted by molar-refractivity contribution is 6.30. The third-order valence-electron chi connectivity index (χ3n) is 3.74. The van der Waals surface area contributed by atoms with Crippen molar-refractivity contribution in [3.8, 4) is 23.7 Å². The van der Waals surface area contributed by atoms with Gasteiger partial charge < -0.3 is 9.64 Å². The van der Waals surface area contributed by atoms with Gasteiger partial charge >= 0.3 is 6.09 Å². The average Bonchev–Trinajstić information content (AvgIpc) is 2.67. The lowest BCUT2D eigenvalue weighted by Gasteiger charge is -2.11. The van der Waals surface area contributed by atoms with Gasteiger partial charge in [0, 0.05) is 42.5 Å². The highest BCUT2D eigenvalue weighted by Gasteiger charge is 2.02. The van der Waals surface area contributed by atoms with Crippen LogP contribution in [-0.4, -0.2) is 26.8 Å². The molecule has 0 radical (unpaired) electrons. The molecule has 28 heavy (non-hydrogen) atoms. The molecule has 2 aromatic rings. The summed E-state index contributed by atoms with van der Waals surface area (Å²) in [6, 6.07) is 14.9. The average molecular weight is 395 g/mol. The lowest BCUT2D eigenvalue weighted by Crippen LogP contribution is -2.14. The molecule has 0 heterocycles. The molecule has 0 aromatic heterocycles. The second kappa shape index (κ2) is 11.6. The number of unbranched alkanes of at least 4 members (excludes halogenated alkanes) is 2. The van der Waals surface area contributed by atoms with Crippen LogP contribution in [-0.2, 0) is 4.74 Å². The molecule has 5 heteroatoms. The Morgan fingerprint density at radius 2 is 1.89 bits per heavy atom. The fraction of sp³-hybridized carbons (Fsp3) is 0.261. The minimum absolute atomic E-state index is 0.345. The van der Waals surface area contributed by atoms with Crippen molar-refractivity contribution in [2.45, 2.75) is 19.3 Å². The number of halogens is 1. The van der Waals surface area contributed by atoms with E-state index in [1.165, 1.54) is 0 Å². The molecule has 0 saturated carbocycles. The lowest BCUT2D eigenvalue weighted by molar-refractivity contribution is 0.159. The van der Waals surface area contributed by atoms with E-state index in [9.17, 15) is 4.79 Å². The molecule has 0 atom stereocenters. The summed E-state index contributed by atoms with van der Waals surface area (Å²) >= 11 is 5.86. The zero-order valence-corrected chi connectivity index (χ0v) is 16.8. The summed E-state index contributed by atoms with van der Waals surface area (Å²) in [6.07, 6.45) is 1.82. The Morgan fingerprint density at radius 3 is 2.61 bits per heavy atom. The number of anilines is 2. The molecule has 1 amide bonds. The molecule has 1 N–H and O–H groups in total. The second-order valence-corrected chi connectivity index (χ2v) is 6.66. The van der Waals surface area contributed by atoms with Gasteiger partial charge in [-0.05, 0) is 67.1 Å². The van der Waals surface area contributed by atoms with Gasteiger partial charge in [0.2, 0.25) is 0 Å². The number of amides is 1. The highest BCUT2D eigenvalue weighted by atomic mass is 35.5. The largest absolute Gasteiger partial charge is 0.449 e. The number of hydrogen-bond acceptors (Lipinski definition) is 3. The minimum Gasteiger partial charge on any atom is -0.449 e. The monoisotopic (exact) mass is 394 g/mol. The van der Waals surface area contributed by atoms with Gasteiger partial charge in [0.25, 0.3) is 0 Å². The van der Waals surface area contributed by atoms with Crippen LogP contribution in [0.1, 0.15) is 24.8 Å². The topological polar surface area (TPSA) is 41.6 Å². The number of rotatable bonds is 6. The van der Waals surface area contributed by atoms with Gasteiger partial charge in [-0.1, -0.05) is 29.5 Å². The summed E-state index contributed by atoms with van der Waals surface area (Å²) in [7, 11) is 4.01. The molecular formula is C23H23ClN2O2. The summed E-state index contributed by atoms with van der Waals surface area (Å²) in [5, 5.41) is 3.19. The molecular weight excluding hydrogens is 372 g/mol. The Hall–Kier alpha value is -3.08. The maximum absolute atomic E-state index is 11.7. The first-order chi connectivity index (χ1) is 13.5. The predicted molar refractivity (Wildman–Crippen MR) is 116 cm³/mol. The minimum atomic E-state index is -0.487. The van der Waals surface area contributed by atoms with Crippen LogP contribution < -0.4 is 10.2 Å². The molecule has 0 aliphatic rings. The van der Waals surface area contributed by atoms with Gasteiger partial charge in [0.05, 0.1) is 6.61 Å². The van der Waals surface area contributed by atoms with Crippen molar-refractivity contribution < 1.29 is 9.53 Å². The first-order valence-corrected chi connectivity index (χ1v) is 9.38. The number of carbonyl (C=O) groups is 1. The maximum Gasteiger partial charge on any atom is 0.411 e. The molecule has 0 aliphatic heterocycles. The van der Waals surface area contributed by atoms with Crippen LogP contribution in [0.25, 0.3) is 0 Å². The molecule has 2 rings (SSSR count). The van der Waals surface area contributed by atoms with Gasteiger partial charge in [0.15, 0.2) is 0 Å². The number of ether oxygens (including phenoxy) is 1. The molecule has 0 fully saturated rings. The molecule has 144 valence electrons. The van der Waals surface area contributed by atoms with E-state index in [0.29, 0.717) is 23.7 Å². The van der Waals surface area contributed by atoms with E-state index in [1.54, 1.807) is 24.3 Å². The number of nitrogens with zero attached hydrogens (tertiary/aromatic N) is 1. The quantitative estimate of drug-likeness (QED) is 0.542. The smallest absolute Gasteiger partial charge is 0.411 e. The fourth-order valence-electron chi connectivity index (χ4n) is 2.25. The van der Waals surface area contributed by atoms with Crippen molar-refractivity contribution in [3.63, 3.8) is 0 Å². The molecule has 0 spiro atoms. The normalized spacial score (nSPS) is 9.39. The number of nitrogens with one attached hydrogen (secondary N) is 1. The van der Waals surface area contributed by atoms with Gasteiger partial charge in [-0.2, -0.15) is 0 Å². The molecule has 2 aromatic carbocycles. The van der Waals surface area contributed by atoms with Gasteiger partial charge in [-0.25, -0.2) is 4.79 Å². The maximum atomic E-state index is 11.7. The summed E-state index contributed by atoms with van der Waals surface area (Å²) in [4.78, 5) is 13.7. The van der Waals surface area contributed by atoms with Crippen LogP contribution in [0.3, 0.4) is 0 Å². The van der Waals surface area contributed by atoms with E-state index in [1.807, 2.05) is 43.3 Å². The molecule has 0 unspecified atom stereocenters. The Morgan fingerprint density at radius 1 is 1.11 bits per heavy atom. The van der Waals surface area contributed by atoms with Crippen LogP contribution in [0.2, 0.25) is 5.02 Å². The van der Waals surface area contributed by atoms with E-state index in [0.717, 1.165) is 24.1 Å². The Kier molecular flexibility index (Phi) is 8.79. The van der Waals surface area contributed by atoms with Gasteiger partial charge in [0.1, 0.15) is 0 Å². The van der Waals surface area contributed by atoms with Gasteiger partial charge in [-0.15, -0.1) is 0 Å². The molecule has 0 saturated heterocycles. The van der Waals surface area contributed by atoms with E-state index < -0.39 is 6.09 Å². The van der Waals surface area contributed by atoms with Crippen molar-refractivity contribution in [1.29, 1.82) is 0 Å². The zero-order valence-electron chi connectivity index (χ0n) is 16.1. The van der Waals surface area contributed by atoms with Crippen LogP contribution in [0.4, 0.5) is 16.2 Å². The van der Waals surface area contributed by atoms with Crippen LogP contribution in [0, 0.1) is 23.7 Å². The van der Waals surface area contributed by atoms with Crippen molar-refractivity contribution >= 4 is 29.1 Å². The summed E-state index contributed by atoms with van der Waals surface area (Å²) in [6.45, 7) is 0.345. The zero-order chi connectivity index (χ0) is 20.2. The van der Waals surface area contributed by atoms with Gasteiger partial charge in [-0.3, -0.25) is 5.32 Å². The van der Waals surface area contributed by atoms with Crippen LogP contribution in [0.5, 0.6) is 0 Å². The van der Waals surface area contributed by atoms with Crippen molar-refractivity contribution in [1.82, 2.24) is 0 Å². The summed E-state index contributed by atoms with van der Waals surface area (Å²) < 4.78 is 5.13. The van der Waals surface area contributed by atoms with Crippen molar-refractivity contribution in [2.75, 3.05) is 30.9 Å². The molecule has 4 nitrogen and oxygen atoms in total. The van der Waals surface area contributed by atoms with Crippen LogP contribution >= 0.6 is 11.6 Å². The molecule has 0 aliphatic carbocycles. The standard InChI is InChI=1S/C23H23ClN2O2/c1-26(2)22-15-13-19(14-16-22)10-7-5-3-4-6-8-17-28-23(27)25-21-12-9-11-20(24)18-21/h9,11-16,18H,4,6,8,17H2,1-2H3,(H,25,27). The SMILES string of the molecule is CN(C)c1ccc(C#CC#CCCCCOC(=O)Nc2cccc(Cl)c2)cc1. The highest BCUT2D eigenvalue weighted by Crippen LogP contribution is 2.15. The third-order valence-corrected chi connectivity index (χ3v) is 3.98. The van der Waals surface area contributed by atoms with E-state index in [2.05, 4.69) is 29.0 Å². The number of hydrogen-bond donors (Lipinski definition) is 1. The Labute approximate surface area is 171 Å². The van der Waals surface area contributed by atoms with Crippen LogP contribution in [0.15, 0.2) is 48.5 Å². The summed E-state index contributed by atoms with van der Waals surface area (Å²) in [5.41, 5.74) is 2.69. The molecule has 0 bridgehead atoms. The van der Waals surface area contributed by atoms with Crippen molar-refractivity contribution in [3.05, 3.63) is 59.1 Å². The lowest BCUT2D eigenvalue weighted by atomic mass is 10.2. The van der Waals surface area contributed by atoms with E-state index >= 15 is 0 Å². The third kappa shape index (κ3) is 8.08. The second-order valence-electron chi connectivity index (χ2n) is 6.22. The number of carbonyl (C=O) groups excluding carboxylic acids is 1. The predicted octanol–water partition coefficient (Wildman–Crippen LogP) is 5.18.